The van der Waals surface area contributed by atoms with Crippen LogP contribution in [0.5, 0.6) is 0 Å². The molecule has 4 rings (SSSR count). The minimum Gasteiger partial charge on any atom is -0.481 e. The zero-order valence-corrected chi connectivity index (χ0v) is 15.5. The summed E-state index contributed by atoms with van der Waals surface area (Å²) in [5.41, 5.74) is 3.76. The quantitative estimate of drug-likeness (QED) is 0.816. The summed E-state index contributed by atoms with van der Waals surface area (Å²) in [4.78, 5) is 27.2. The minimum absolute atomic E-state index is 0.00185. The van der Waals surface area contributed by atoms with Crippen molar-refractivity contribution in [1.29, 1.82) is 0 Å². The monoisotopic (exact) mass is 361 g/mol. The second-order valence-electron chi connectivity index (χ2n) is 7.68. The van der Waals surface area contributed by atoms with Gasteiger partial charge >= 0.3 is 5.97 Å². The third-order valence-electron chi connectivity index (χ3n) is 5.83. The first-order valence-corrected chi connectivity index (χ1v) is 9.34. The highest BCUT2D eigenvalue weighted by Crippen LogP contribution is 2.49. The fourth-order valence-electron chi connectivity index (χ4n) is 4.44. The molecule has 1 N–H and O–H groups in total. The van der Waals surface area contributed by atoms with E-state index in [1.807, 2.05) is 74.5 Å². The van der Waals surface area contributed by atoms with Gasteiger partial charge in [-0.25, -0.2) is 0 Å². The van der Waals surface area contributed by atoms with E-state index in [2.05, 4.69) is 0 Å². The molecule has 2 bridgehead atoms. The van der Waals surface area contributed by atoms with Crippen LogP contribution in [-0.2, 0) is 9.59 Å². The third kappa shape index (κ3) is 3.05. The number of amides is 1. The van der Waals surface area contributed by atoms with E-state index >= 15 is 0 Å². The van der Waals surface area contributed by atoms with Crippen LogP contribution in [0.1, 0.15) is 17.5 Å². The predicted molar refractivity (Wildman–Crippen MR) is 105 cm³/mol. The normalized spacial score (nSPS) is 25.6. The summed E-state index contributed by atoms with van der Waals surface area (Å²) in [5, 5.41) is 9.75. The molecule has 4 heteroatoms. The first-order valence-electron chi connectivity index (χ1n) is 9.34. The maximum absolute atomic E-state index is 13.6. The van der Waals surface area contributed by atoms with E-state index in [-0.39, 0.29) is 17.7 Å². The van der Waals surface area contributed by atoms with Gasteiger partial charge in [0.25, 0.3) is 0 Å². The molecule has 2 aliphatic carbocycles. The van der Waals surface area contributed by atoms with Gasteiger partial charge < -0.3 is 5.11 Å². The van der Waals surface area contributed by atoms with E-state index in [4.69, 9.17) is 0 Å². The molecule has 4 unspecified atom stereocenters. The van der Waals surface area contributed by atoms with Crippen LogP contribution in [0, 0.1) is 37.5 Å². The number of carbonyl (C=O) groups is 2. The van der Waals surface area contributed by atoms with Crippen molar-refractivity contribution < 1.29 is 14.7 Å². The zero-order valence-electron chi connectivity index (χ0n) is 15.5. The molecule has 138 valence electrons. The van der Waals surface area contributed by atoms with Crippen molar-refractivity contribution in [3.63, 3.8) is 0 Å². The number of allylic oxidation sites excluding steroid dienone is 2. The summed E-state index contributed by atoms with van der Waals surface area (Å²) in [6.45, 7) is 4.01. The van der Waals surface area contributed by atoms with Gasteiger partial charge in [-0.3, -0.25) is 14.5 Å². The SMILES string of the molecule is Cc1ccc(N(C(=O)C2C3C=CC(C3)C2C(=O)O)c2ccc(C)cc2)cc1. The fraction of sp³-hybridized carbons (Fsp3) is 0.304. The first-order chi connectivity index (χ1) is 13.0. The van der Waals surface area contributed by atoms with E-state index in [0.717, 1.165) is 28.9 Å². The van der Waals surface area contributed by atoms with Gasteiger partial charge in [-0.15, -0.1) is 0 Å². The Morgan fingerprint density at radius 2 is 1.26 bits per heavy atom. The Labute approximate surface area is 159 Å². The lowest BCUT2D eigenvalue weighted by molar-refractivity contribution is -0.147. The second-order valence-corrected chi connectivity index (χ2v) is 7.68. The number of nitrogens with zero attached hydrogens (tertiary/aromatic N) is 1. The Morgan fingerprint density at radius 3 is 1.70 bits per heavy atom. The van der Waals surface area contributed by atoms with Crippen LogP contribution in [0.15, 0.2) is 60.7 Å². The number of carbonyl (C=O) groups excluding carboxylic acids is 1. The van der Waals surface area contributed by atoms with Crippen LogP contribution < -0.4 is 4.90 Å². The molecule has 2 aliphatic rings. The summed E-state index contributed by atoms with van der Waals surface area (Å²) >= 11 is 0. The van der Waals surface area contributed by atoms with Crippen molar-refractivity contribution in [1.82, 2.24) is 0 Å². The lowest BCUT2D eigenvalue weighted by Crippen LogP contribution is -2.41. The van der Waals surface area contributed by atoms with Gasteiger partial charge in [0.15, 0.2) is 0 Å². The number of aryl methyl sites for hydroxylation is 2. The highest BCUT2D eigenvalue weighted by Gasteiger charge is 2.52. The number of anilines is 2. The maximum atomic E-state index is 13.6. The topological polar surface area (TPSA) is 57.6 Å². The van der Waals surface area contributed by atoms with Crippen LogP contribution in [-0.4, -0.2) is 17.0 Å². The highest BCUT2D eigenvalue weighted by molar-refractivity contribution is 6.04. The summed E-state index contributed by atoms with van der Waals surface area (Å²) < 4.78 is 0. The zero-order chi connectivity index (χ0) is 19.1. The Morgan fingerprint density at radius 1 is 0.815 bits per heavy atom. The van der Waals surface area contributed by atoms with Crippen LogP contribution >= 0.6 is 0 Å². The van der Waals surface area contributed by atoms with Crippen molar-refractivity contribution in [2.45, 2.75) is 20.3 Å². The number of hydrogen-bond donors (Lipinski definition) is 1. The smallest absolute Gasteiger partial charge is 0.307 e. The number of carboxylic acids is 1. The number of carboxylic acid groups (broad SMARTS) is 1. The molecule has 0 heterocycles. The average molecular weight is 361 g/mol. The number of hydrogen-bond acceptors (Lipinski definition) is 2. The first kappa shape index (κ1) is 17.5. The summed E-state index contributed by atoms with van der Waals surface area (Å²) in [7, 11) is 0. The molecular formula is C23H23NO3. The Bertz CT molecular complexity index is 853. The van der Waals surface area contributed by atoms with Crippen molar-refractivity contribution in [3.05, 3.63) is 71.8 Å². The molecule has 0 aromatic heterocycles. The number of aliphatic carboxylic acids is 1. The number of fused-ring (bicyclic) bond motifs is 2. The predicted octanol–water partition coefficient (Wildman–Crippen LogP) is 4.49. The summed E-state index contributed by atoms with van der Waals surface area (Å²) in [5.74, 6) is -2.22. The largest absolute Gasteiger partial charge is 0.481 e. The van der Waals surface area contributed by atoms with Gasteiger partial charge in [0.05, 0.1) is 11.8 Å². The van der Waals surface area contributed by atoms with Gasteiger partial charge in [-0.05, 0) is 56.4 Å². The summed E-state index contributed by atoms with van der Waals surface area (Å²) in [6.07, 6.45) is 4.74. The molecule has 1 fully saturated rings. The molecule has 2 aromatic carbocycles. The molecule has 0 radical (unpaired) electrons. The number of benzene rings is 2. The lowest BCUT2D eigenvalue weighted by atomic mass is 9.82. The third-order valence-corrected chi connectivity index (χ3v) is 5.83. The van der Waals surface area contributed by atoms with Gasteiger partial charge in [0, 0.05) is 11.4 Å². The van der Waals surface area contributed by atoms with E-state index in [1.165, 1.54) is 0 Å². The lowest BCUT2D eigenvalue weighted by Gasteiger charge is -2.31. The van der Waals surface area contributed by atoms with Crippen molar-refractivity contribution in [3.8, 4) is 0 Å². The Balaban J connectivity index is 1.77. The molecule has 4 atom stereocenters. The van der Waals surface area contributed by atoms with Gasteiger partial charge in [-0.2, -0.15) is 0 Å². The molecule has 27 heavy (non-hydrogen) atoms. The Hall–Kier alpha value is -2.88. The van der Waals surface area contributed by atoms with E-state index in [0.29, 0.717) is 0 Å². The van der Waals surface area contributed by atoms with Crippen LogP contribution in [0.25, 0.3) is 0 Å². The number of rotatable bonds is 4. The van der Waals surface area contributed by atoms with Crippen molar-refractivity contribution in [2.75, 3.05) is 4.90 Å². The average Bonchev–Trinajstić information content (AvgIpc) is 3.26. The molecule has 0 aliphatic heterocycles. The molecule has 1 saturated carbocycles. The highest BCUT2D eigenvalue weighted by atomic mass is 16.4. The van der Waals surface area contributed by atoms with Crippen LogP contribution in [0.2, 0.25) is 0 Å². The maximum Gasteiger partial charge on any atom is 0.307 e. The molecule has 0 saturated heterocycles. The fourth-order valence-corrected chi connectivity index (χ4v) is 4.44. The van der Waals surface area contributed by atoms with E-state index in [1.54, 1.807) is 4.90 Å². The van der Waals surface area contributed by atoms with Gasteiger partial charge in [0.1, 0.15) is 0 Å². The van der Waals surface area contributed by atoms with E-state index < -0.39 is 17.8 Å². The van der Waals surface area contributed by atoms with Crippen molar-refractivity contribution in [2.24, 2.45) is 23.7 Å². The van der Waals surface area contributed by atoms with Crippen molar-refractivity contribution >= 4 is 23.3 Å². The minimum atomic E-state index is -0.877. The molecular weight excluding hydrogens is 338 g/mol. The second kappa shape index (κ2) is 6.69. The van der Waals surface area contributed by atoms with E-state index in [9.17, 15) is 14.7 Å². The molecule has 4 nitrogen and oxygen atoms in total. The van der Waals surface area contributed by atoms with Crippen LogP contribution in [0.4, 0.5) is 11.4 Å². The summed E-state index contributed by atoms with van der Waals surface area (Å²) in [6, 6.07) is 15.6. The molecule has 2 aromatic rings. The molecule has 0 spiro atoms. The van der Waals surface area contributed by atoms with Crippen LogP contribution in [0.3, 0.4) is 0 Å². The Kier molecular flexibility index (Phi) is 4.34. The molecule has 1 amide bonds. The van der Waals surface area contributed by atoms with Gasteiger partial charge in [-0.1, -0.05) is 47.5 Å². The standard InChI is InChI=1S/C23H23NO3/c1-14-3-9-18(10-4-14)24(19-11-5-15(2)6-12-19)22(25)20-16-7-8-17(13-16)21(20)23(26)27/h3-12,16-17,20-21H,13H2,1-2H3,(H,26,27). The van der Waals surface area contributed by atoms with Gasteiger partial charge in [0.2, 0.25) is 5.91 Å².